The molecule has 0 saturated carbocycles. The van der Waals surface area contributed by atoms with Crippen molar-refractivity contribution in [3.05, 3.63) is 54.1 Å². The van der Waals surface area contributed by atoms with Crippen LogP contribution in [0.15, 0.2) is 48.5 Å². The first-order valence-corrected chi connectivity index (χ1v) is 11.4. The summed E-state index contributed by atoms with van der Waals surface area (Å²) < 4.78 is 5.88. The van der Waals surface area contributed by atoms with Gasteiger partial charge in [-0.3, -0.25) is 0 Å². The Labute approximate surface area is 177 Å². The van der Waals surface area contributed by atoms with E-state index < -0.39 is 0 Å². The van der Waals surface area contributed by atoms with Crippen molar-refractivity contribution >= 4 is 0 Å². The van der Waals surface area contributed by atoms with Crippen LogP contribution in [-0.4, -0.2) is 6.61 Å². The largest absolute Gasteiger partial charge is 0.494 e. The van der Waals surface area contributed by atoms with Crippen molar-refractivity contribution in [2.45, 2.75) is 78.1 Å². The normalized spacial score (nSPS) is 12.9. The lowest BCUT2D eigenvalue weighted by Crippen LogP contribution is -2.02. The van der Waals surface area contributed by atoms with Gasteiger partial charge in [-0.1, -0.05) is 95.7 Å². The Hall–Kier alpha value is -2.27. The van der Waals surface area contributed by atoms with Gasteiger partial charge in [0.1, 0.15) is 5.75 Å². The monoisotopic (exact) mass is 391 g/mol. The smallest absolute Gasteiger partial charge is 0.119 e. The zero-order valence-corrected chi connectivity index (χ0v) is 18.5. The summed E-state index contributed by atoms with van der Waals surface area (Å²) in [5.74, 6) is 1.50. The van der Waals surface area contributed by atoms with E-state index in [0.717, 1.165) is 37.2 Å². The molecule has 0 fully saturated rings. The molecule has 2 atom stereocenters. The van der Waals surface area contributed by atoms with Gasteiger partial charge in [0.15, 0.2) is 0 Å². The van der Waals surface area contributed by atoms with E-state index in [9.17, 15) is 5.26 Å². The van der Waals surface area contributed by atoms with Crippen LogP contribution < -0.4 is 4.74 Å². The first-order valence-electron chi connectivity index (χ1n) is 11.4. The molecule has 2 rings (SSSR count). The van der Waals surface area contributed by atoms with E-state index >= 15 is 0 Å². The van der Waals surface area contributed by atoms with E-state index in [1.165, 1.54) is 43.2 Å². The fourth-order valence-electron chi connectivity index (χ4n) is 3.56. The first kappa shape index (κ1) is 23.0. The molecule has 29 heavy (non-hydrogen) atoms. The maximum atomic E-state index is 9.52. The Morgan fingerprint density at radius 3 is 2.00 bits per heavy atom. The number of unbranched alkanes of at least 4 members (excludes halogenated alkanes) is 5. The van der Waals surface area contributed by atoms with Crippen molar-refractivity contribution in [2.75, 3.05) is 6.61 Å². The highest BCUT2D eigenvalue weighted by atomic mass is 16.5. The molecule has 2 nitrogen and oxygen atoms in total. The molecule has 0 aliphatic carbocycles. The van der Waals surface area contributed by atoms with Crippen molar-refractivity contribution in [2.24, 2.45) is 5.92 Å². The Balaban J connectivity index is 1.85. The highest BCUT2D eigenvalue weighted by Crippen LogP contribution is 2.28. The molecule has 2 heteroatoms. The molecule has 0 aliphatic heterocycles. The lowest BCUT2D eigenvalue weighted by molar-refractivity contribution is 0.304. The van der Waals surface area contributed by atoms with Crippen LogP contribution in [0.2, 0.25) is 0 Å². The van der Waals surface area contributed by atoms with Crippen molar-refractivity contribution in [1.29, 1.82) is 5.26 Å². The minimum Gasteiger partial charge on any atom is -0.494 e. The van der Waals surface area contributed by atoms with Gasteiger partial charge in [-0.25, -0.2) is 0 Å². The fraction of sp³-hybridized carbons (Fsp3) is 0.519. The number of hydrogen-bond donors (Lipinski definition) is 0. The topological polar surface area (TPSA) is 33.0 Å². The van der Waals surface area contributed by atoms with E-state index in [1.54, 1.807) is 0 Å². The third-order valence-corrected chi connectivity index (χ3v) is 5.76. The Bertz CT molecular complexity index is 727. The maximum Gasteiger partial charge on any atom is 0.119 e. The van der Waals surface area contributed by atoms with Crippen LogP contribution in [0.5, 0.6) is 5.75 Å². The number of nitrogens with zero attached hydrogens (tertiary/aromatic N) is 1. The number of nitriles is 1. The summed E-state index contributed by atoms with van der Waals surface area (Å²) in [5.41, 5.74) is 3.48. The predicted molar refractivity (Wildman–Crippen MR) is 123 cm³/mol. The van der Waals surface area contributed by atoms with E-state index in [0.29, 0.717) is 5.92 Å². The maximum absolute atomic E-state index is 9.52. The average molecular weight is 392 g/mol. The van der Waals surface area contributed by atoms with Crippen LogP contribution >= 0.6 is 0 Å². The second-order valence-corrected chi connectivity index (χ2v) is 8.19. The molecule has 0 spiro atoms. The molecule has 0 amide bonds. The summed E-state index contributed by atoms with van der Waals surface area (Å²) in [6, 6.07) is 19.3. The van der Waals surface area contributed by atoms with Crippen molar-refractivity contribution < 1.29 is 4.74 Å². The van der Waals surface area contributed by atoms with Crippen LogP contribution in [0.4, 0.5) is 0 Å². The van der Waals surface area contributed by atoms with Gasteiger partial charge in [-0.15, -0.1) is 0 Å². The quantitative estimate of drug-likeness (QED) is 0.323. The SMILES string of the molecule is CCCCCCCCOc1ccc(-c2ccc(C(C#N)CC(C)CC)cc2)cc1. The van der Waals surface area contributed by atoms with Crippen LogP contribution in [0, 0.1) is 17.2 Å². The lowest BCUT2D eigenvalue weighted by atomic mass is 9.89. The van der Waals surface area contributed by atoms with E-state index in [2.05, 4.69) is 75.4 Å². The first-order chi connectivity index (χ1) is 14.2. The highest BCUT2D eigenvalue weighted by molar-refractivity contribution is 5.64. The van der Waals surface area contributed by atoms with Crippen molar-refractivity contribution in [3.8, 4) is 22.9 Å². The molecule has 0 aliphatic rings. The van der Waals surface area contributed by atoms with Gasteiger partial charge in [-0.05, 0) is 47.6 Å². The number of rotatable bonds is 13. The standard InChI is InChI=1S/C27H37NO/c1-4-6-7-8-9-10-19-29-27-17-15-24(16-18-27)23-11-13-25(14-12-23)26(21-28)20-22(3)5-2/h11-18,22,26H,4-10,19-20H2,1-3H3. The highest BCUT2D eigenvalue weighted by Gasteiger charge is 2.14. The fourth-order valence-corrected chi connectivity index (χ4v) is 3.56. The summed E-state index contributed by atoms with van der Waals surface area (Å²) in [6.45, 7) is 7.45. The molecule has 2 aromatic rings. The molecular weight excluding hydrogens is 354 g/mol. The zero-order chi connectivity index (χ0) is 20.9. The van der Waals surface area contributed by atoms with Gasteiger partial charge >= 0.3 is 0 Å². The second-order valence-electron chi connectivity index (χ2n) is 8.19. The van der Waals surface area contributed by atoms with Gasteiger partial charge < -0.3 is 4.74 Å². The van der Waals surface area contributed by atoms with E-state index in [4.69, 9.17) is 4.74 Å². The van der Waals surface area contributed by atoms with Gasteiger partial charge in [0.05, 0.1) is 18.6 Å². The predicted octanol–water partition coefficient (Wildman–Crippen LogP) is 8.14. The zero-order valence-electron chi connectivity index (χ0n) is 18.5. The summed E-state index contributed by atoms with van der Waals surface area (Å²) in [5, 5.41) is 9.52. The molecule has 0 aromatic heterocycles. The number of ether oxygens (including phenoxy) is 1. The van der Waals surface area contributed by atoms with Gasteiger partial charge in [0.25, 0.3) is 0 Å². The summed E-state index contributed by atoms with van der Waals surface area (Å²) in [7, 11) is 0. The van der Waals surface area contributed by atoms with Crippen molar-refractivity contribution in [1.82, 2.24) is 0 Å². The second kappa shape index (κ2) is 13.0. The molecule has 0 heterocycles. The molecule has 0 bridgehead atoms. The van der Waals surface area contributed by atoms with Gasteiger partial charge in [0.2, 0.25) is 0 Å². The van der Waals surface area contributed by atoms with E-state index in [-0.39, 0.29) is 5.92 Å². The Kier molecular flexibility index (Phi) is 10.4. The van der Waals surface area contributed by atoms with E-state index in [1.807, 2.05) is 0 Å². The molecule has 2 aromatic carbocycles. The van der Waals surface area contributed by atoms with Crippen LogP contribution in [0.1, 0.15) is 83.6 Å². The molecule has 0 N–H and O–H groups in total. The third kappa shape index (κ3) is 7.94. The molecule has 2 unspecified atom stereocenters. The van der Waals surface area contributed by atoms with Gasteiger partial charge in [0, 0.05) is 0 Å². The summed E-state index contributed by atoms with van der Waals surface area (Å²) in [6.07, 6.45) is 9.73. The minimum atomic E-state index is -0.0169. The average Bonchev–Trinajstić information content (AvgIpc) is 2.77. The van der Waals surface area contributed by atoms with Crippen LogP contribution in [0.25, 0.3) is 11.1 Å². The Morgan fingerprint density at radius 1 is 0.828 bits per heavy atom. The molecular formula is C27H37NO. The van der Waals surface area contributed by atoms with Crippen molar-refractivity contribution in [3.63, 3.8) is 0 Å². The Morgan fingerprint density at radius 2 is 1.41 bits per heavy atom. The van der Waals surface area contributed by atoms with Crippen LogP contribution in [-0.2, 0) is 0 Å². The minimum absolute atomic E-state index is 0.0169. The van der Waals surface area contributed by atoms with Crippen LogP contribution in [0.3, 0.4) is 0 Å². The molecule has 156 valence electrons. The number of hydrogen-bond acceptors (Lipinski definition) is 2. The number of benzene rings is 2. The molecule has 0 radical (unpaired) electrons. The summed E-state index contributed by atoms with van der Waals surface area (Å²) >= 11 is 0. The van der Waals surface area contributed by atoms with Gasteiger partial charge in [-0.2, -0.15) is 5.26 Å². The lowest BCUT2D eigenvalue weighted by Gasteiger charge is -2.14. The molecule has 0 saturated heterocycles. The third-order valence-electron chi connectivity index (χ3n) is 5.76. The summed E-state index contributed by atoms with van der Waals surface area (Å²) in [4.78, 5) is 0.